The third kappa shape index (κ3) is 4.02. The average molecular weight is 243 g/mol. The van der Waals surface area contributed by atoms with Crippen LogP contribution in [0.2, 0.25) is 0 Å². The minimum absolute atomic E-state index is 0.116. The van der Waals surface area contributed by atoms with E-state index in [1.807, 2.05) is 6.07 Å². The highest BCUT2D eigenvalue weighted by atomic mass is 31.2. The van der Waals surface area contributed by atoms with Crippen molar-refractivity contribution in [2.24, 2.45) is 5.73 Å². The summed E-state index contributed by atoms with van der Waals surface area (Å²) in [6, 6.07) is 8.88. The van der Waals surface area contributed by atoms with Gasteiger partial charge in [-0.2, -0.15) is 0 Å². The molecule has 0 saturated heterocycles. The summed E-state index contributed by atoms with van der Waals surface area (Å²) in [4.78, 5) is 18.2. The van der Waals surface area contributed by atoms with Gasteiger partial charge in [0.2, 0.25) is 0 Å². The van der Waals surface area contributed by atoms with Crippen molar-refractivity contribution in [2.45, 2.75) is 12.2 Å². The largest absolute Gasteiger partial charge is 0.370 e. The fourth-order valence-electron chi connectivity index (χ4n) is 1.27. The summed E-state index contributed by atoms with van der Waals surface area (Å²) >= 11 is 0. The second-order valence-corrected chi connectivity index (χ2v) is 5.15. The average Bonchev–Trinajstić information content (AvgIpc) is 2.16. The first-order valence-electron chi connectivity index (χ1n) is 4.59. The SMILES string of the molecule is N=C(N)NC(Cc1ccccc1)P(=O)(O)O. The monoisotopic (exact) mass is 243 g/mol. The summed E-state index contributed by atoms with van der Waals surface area (Å²) in [6.07, 6.45) is 0.116. The Morgan fingerprint density at radius 2 is 2.00 bits per heavy atom. The van der Waals surface area contributed by atoms with Crippen LogP contribution in [0.5, 0.6) is 0 Å². The van der Waals surface area contributed by atoms with Gasteiger partial charge >= 0.3 is 7.60 Å². The maximum Gasteiger partial charge on any atom is 0.347 e. The van der Waals surface area contributed by atoms with Crippen LogP contribution in [-0.4, -0.2) is 21.5 Å². The van der Waals surface area contributed by atoms with E-state index in [-0.39, 0.29) is 6.42 Å². The zero-order valence-electron chi connectivity index (χ0n) is 8.50. The van der Waals surface area contributed by atoms with Crippen LogP contribution in [0.3, 0.4) is 0 Å². The lowest BCUT2D eigenvalue weighted by Crippen LogP contribution is -2.40. The van der Waals surface area contributed by atoms with Crippen LogP contribution in [0.1, 0.15) is 5.56 Å². The number of benzene rings is 1. The Morgan fingerprint density at radius 1 is 1.44 bits per heavy atom. The van der Waals surface area contributed by atoms with Crippen molar-refractivity contribution in [2.75, 3.05) is 0 Å². The number of nitrogens with two attached hydrogens (primary N) is 1. The summed E-state index contributed by atoms with van der Waals surface area (Å²) in [5.74, 6) is -1.61. The van der Waals surface area contributed by atoms with E-state index in [0.717, 1.165) is 5.56 Å². The van der Waals surface area contributed by atoms with Crippen molar-refractivity contribution in [3.63, 3.8) is 0 Å². The maximum absolute atomic E-state index is 11.2. The van der Waals surface area contributed by atoms with Gasteiger partial charge in [-0.1, -0.05) is 30.3 Å². The number of rotatable bonds is 4. The van der Waals surface area contributed by atoms with Gasteiger partial charge in [0, 0.05) is 6.42 Å². The van der Waals surface area contributed by atoms with Crippen molar-refractivity contribution < 1.29 is 14.4 Å². The highest BCUT2D eigenvalue weighted by Gasteiger charge is 2.29. The third-order valence-corrected chi connectivity index (χ3v) is 3.12. The molecule has 0 radical (unpaired) electrons. The fraction of sp³-hybridized carbons (Fsp3) is 0.222. The second kappa shape index (κ2) is 5.12. The van der Waals surface area contributed by atoms with Crippen LogP contribution in [0.15, 0.2) is 30.3 Å². The summed E-state index contributed by atoms with van der Waals surface area (Å²) in [7, 11) is -4.33. The zero-order valence-corrected chi connectivity index (χ0v) is 9.39. The van der Waals surface area contributed by atoms with Gasteiger partial charge in [0.1, 0.15) is 5.78 Å². The molecule has 16 heavy (non-hydrogen) atoms. The third-order valence-electron chi connectivity index (χ3n) is 2.00. The molecule has 0 spiro atoms. The van der Waals surface area contributed by atoms with E-state index in [1.54, 1.807) is 24.3 Å². The molecule has 6 N–H and O–H groups in total. The van der Waals surface area contributed by atoms with Gasteiger partial charge in [0.25, 0.3) is 0 Å². The maximum atomic E-state index is 11.2. The molecule has 0 heterocycles. The molecule has 1 rings (SSSR count). The van der Waals surface area contributed by atoms with Gasteiger partial charge in [-0.05, 0) is 5.56 Å². The Labute approximate surface area is 93.2 Å². The Kier molecular flexibility index (Phi) is 4.06. The molecule has 0 bridgehead atoms. The van der Waals surface area contributed by atoms with Crippen LogP contribution in [0, 0.1) is 5.41 Å². The van der Waals surface area contributed by atoms with Gasteiger partial charge < -0.3 is 20.8 Å². The van der Waals surface area contributed by atoms with Gasteiger partial charge in [-0.25, -0.2) is 0 Å². The normalized spacial score (nSPS) is 13.1. The Balaban J connectivity index is 2.80. The molecule has 0 fully saturated rings. The zero-order chi connectivity index (χ0) is 12.2. The van der Waals surface area contributed by atoms with Crippen molar-refractivity contribution in [1.82, 2.24) is 5.32 Å². The summed E-state index contributed by atoms with van der Waals surface area (Å²) < 4.78 is 11.2. The molecule has 0 amide bonds. The molecule has 1 unspecified atom stereocenters. The minimum Gasteiger partial charge on any atom is -0.370 e. The van der Waals surface area contributed by atoms with Gasteiger partial charge in [0.15, 0.2) is 5.96 Å². The quantitative estimate of drug-likeness (QED) is 0.294. The molecule has 1 aromatic carbocycles. The first-order valence-corrected chi connectivity index (χ1v) is 6.27. The molecule has 1 atom stereocenters. The summed E-state index contributed by atoms with van der Waals surface area (Å²) in [5.41, 5.74) is 5.84. The second-order valence-electron chi connectivity index (χ2n) is 3.35. The molecule has 0 aliphatic heterocycles. The Bertz CT molecular complexity index is 404. The molecule has 1 aromatic rings. The van der Waals surface area contributed by atoms with E-state index in [0.29, 0.717) is 0 Å². The number of guanidine groups is 1. The van der Waals surface area contributed by atoms with Gasteiger partial charge in [0.05, 0.1) is 0 Å². The number of hydrogen-bond acceptors (Lipinski definition) is 2. The Morgan fingerprint density at radius 3 is 2.44 bits per heavy atom. The molecule has 0 aliphatic rings. The van der Waals surface area contributed by atoms with Gasteiger partial charge in [-0.15, -0.1) is 0 Å². The first kappa shape index (κ1) is 12.7. The highest BCUT2D eigenvalue weighted by Crippen LogP contribution is 2.41. The van der Waals surface area contributed by atoms with Crippen molar-refractivity contribution in [1.29, 1.82) is 5.41 Å². The van der Waals surface area contributed by atoms with Crippen molar-refractivity contribution in [3.05, 3.63) is 35.9 Å². The lowest BCUT2D eigenvalue weighted by molar-refractivity contribution is 0.352. The summed E-state index contributed by atoms with van der Waals surface area (Å²) in [5, 5.41) is 9.26. The van der Waals surface area contributed by atoms with E-state index >= 15 is 0 Å². The molecule has 0 saturated carbocycles. The summed E-state index contributed by atoms with van der Waals surface area (Å²) in [6.45, 7) is 0. The van der Waals surface area contributed by atoms with Crippen molar-refractivity contribution in [3.8, 4) is 0 Å². The lowest BCUT2D eigenvalue weighted by atomic mass is 10.1. The lowest BCUT2D eigenvalue weighted by Gasteiger charge is -2.19. The van der Waals surface area contributed by atoms with E-state index < -0.39 is 19.3 Å². The molecular weight excluding hydrogens is 229 g/mol. The van der Waals surface area contributed by atoms with Crippen LogP contribution in [-0.2, 0) is 11.0 Å². The van der Waals surface area contributed by atoms with Crippen LogP contribution in [0.25, 0.3) is 0 Å². The topological polar surface area (TPSA) is 119 Å². The predicted octanol–water partition coefficient (Wildman–Crippen LogP) is 0.216. The molecule has 7 heteroatoms. The molecule has 0 aromatic heterocycles. The fourth-order valence-corrected chi connectivity index (χ4v) is 2.03. The smallest absolute Gasteiger partial charge is 0.347 e. The predicted molar refractivity (Wildman–Crippen MR) is 61.0 cm³/mol. The number of nitrogens with one attached hydrogen (secondary N) is 2. The van der Waals surface area contributed by atoms with E-state index in [9.17, 15) is 4.57 Å². The molecule has 88 valence electrons. The standard InChI is InChI=1S/C9H14N3O3P/c10-9(11)12-8(16(13,14)15)6-7-4-2-1-3-5-7/h1-5,8H,6H2,(H4,10,11,12)(H2,13,14,15). The van der Waals surface area contributed by atoms with Gasteiger partial charge in [-0.3, -0.25) is 9.97 Å². The molecular formula is C9H14N3O3P. The highest BCUT2D eigenvalue weighted by molar-refractivity contribution is 7.52. The van der Waals surface area contributed by atoms with E-state index in [4.69, 9.17) is 20.9 Å². The van der Waals surface area contributed by atoms with Crippen LogP contribution < -0.4 is 11.1 Å². The van der Waals surface area contributed by atoms with Crippen LogP contribution >= 0.6 is 7.60 Å². The van der Waals surface area contributed by atoms with E-state index in [1.165, 1.54) is 0 Å². The molecule has 0 aliphatic carbocycles. The number of hydrogen-bond donors (Lipinski definition) is 5. The molecule has 6 nitrogen and oxygen atoms in total. The van der Waals surface area contributed by atoms with Crippen LogP contribution in [0.4, 0.5) is 0 Å². The Hall–Kier alpha value is -1.36. The van der Waals surface area contributed by atoms with E-state index in [2.05, 4.69) is 5.32 Å². The minimum atomic E-state index is -4.33. The van der Waals surface area contributed by atoms with Crippen molar-refractivity contribution >= 4 is 13.6 Å². The first-order chi connectivity index (χ1) is 7.39.